The summed E-state index contributed by atoms with van der Waals surface area (Å²) in [5.74, 6) is 1.81. The average Bonchev–Trinajstić information content (AvgIpc) is 2.61. The van der Waals surface area contributed by atoms with Gasteiger partial charge in [0.15, 0.2) is 0 Å². The van der Waals surface area contributed by atoms with E-state index in [2.05, 4.69) is 27.7 Å². The van der Waals surface area contributed by atoms with Crippen LogP contribution in [0.2, 0.25) is 5.02 Å². The normalized spacial score (nSPS) is 12.5. The summed E-state index contributed by atoms with van der Waals surface area (Å²) in [7, 11) is 0. The molecule has 25 heavy (non-hydrogen) atoms. The van der Waals surface area contributed by atoms with E-state index in [0.717, 1.165) is 65.3 Å². The molecule has 1 aliphatic rings. The van der Waals surface area contributed by atoms with E-state index in [1.165, 1.54) is 16.7 Å². The van der Waals surface area contributed by atoms with Crippen molar-refractivity contribution < 1.29 is 4.74 Å². The van der Waals surface area contributed by atoms with E-state index in [-0.39, 0.29) is 0 Å². The van der Waals surface area contributed by atoms with Gasteiger partial charge in [-0.05, 0) is 48.4 Å². The first-order valence-corrected chi connectivity index (χ1v) is 9.58. The van der Waals surface area contributed by atoms with Crippen LogP contribution in [0.3, 0.4) is 0 Å². The molecule has 3 nitrogen and oxygen atoms in total. The van der Waals surface area contributed by atoms with E-state index in [1.807, 2.05) is 6.07 Å². The second kappa shape index (κ2) is 6.80. The summed E-state index contributed by atoms with van der Waals surface area (Å²) in [5, 5.41) is 0.852. The molecular formula is C21H27ClN2O. The molecule has 2 aromatic rings. The number of halogens is 1. The van der Waals surface area contributed by atoms with Crippen molar-refractivity contribution in [1.82, 2.24) is 0 Å². The van der Waals surface area contributed by atoms with E-state index < -0.39 is 0 Å². The Morgan fingerprint density at radius 2 is 1.48 bits per heavy atom. The SMILES string of the molecule is CCc1c(Cl)c2c(c(CC)c1CC)Oc1c(cc(N)c(N)c1CC)C2. The number of benzene rings is 2. The molecule has 2 aromatic carbocycles. The van der Waals surface area contributed by atoms with Crippen LogP contribution in [0.5, 0.6) is 11.5 Å². The first-order valence-electron chi connectivity index (χ1n) is 9.20. The molecule has 0 amide bonds. The number of rotatable bonds is 4. The van der Waals surface area contributed by atoms with Crippen LogP contribution in [0, 0.1) is 0 Å². The molecule has 0 spiro atoms. The van der Waals surface area contributed by atoms with Gasteiger partial charge in [-0.25, -0.2) is 0 Å². The molecule has 1 heterocycles. The molecule has 134 valence electrons. The molecule has 0 atom stereocenters. The highest BCUT2D eigenvalue weighted by molar-refractivity contribution is 6.32. The molecule has 4 heteroatoms. The maximum absolute atomic E-state index is 6.82. The first-order chi connectivity index (χ1) is 12.0. The van der Waals surface area contributed by atoms with Crippen LogP contribution >= 0.6 is 11.6 Å². The number of hydrogen-bond donors (Lipinski definition) is 2. The minimum absolute atomic E-state index is 0.621. The van der Waals surface area contributed by atoms with Gasteiger partial charge in [0.1, 0.15) is 11.5 Å². The van der Waals surface area contributed by atoms with Crippen LogP contribution in [0.25, 0.3) is 0 Å². The Balaban J connectivity index is 2.29. The Hall–Kier alpha value is -1.87. The van der Waals surface area contributed by atoms with Crippen LogP contribution in [-0.2, 0) is 32.1 Å². The summed E-state index contributed by atoms with van der Waals surface area (Å²) in [5.41, 5.74) is 20.6. The minimum atomic E-state index is 0.621. The van der Waals surface area contributed by atoms with Gasteiger partial charge in [-0.1, -0.05) is 39.3 Å². The van der Waals surface area contributed by atoms with Gasteiger partial charge in [-0.3, -0.25) is 0 Å². The predicted molar refractivity (Wildman–Crippen MR) is 107 cm³/mol. The molecule has 0 saturated carbocycles. The Morgan fingerprint density at radius 1 is 0.880 bits per heavy atom. The number of nitrogen functional groups attached to an aromatic ring is 2. The zero-order valence-electron chi connectivity index (χ0n) is 15.6. The quantitative estimate of drug-likeness (QED) is 0.609. The average molecular weight is 359 g/mol. The second-order valence-corrected chi connectivity index (χ2v) is 6.97. The van der Waals surface area contributed by atoms with Crippen molar-refractivity contribution in [2.24, 2.45) is 0 Å². The zero-order chi connectivity index (χ0) is 18.3. The lowest BCUT2D eigenvalue weighted by Gasteiger charge is -2.29. The van der Waals surface area contributed by atoms with Crippen LogP contribution < -0.4 is 16.2 Å². The Labute approximate surface area is 155 Å². The Bertz CT molecular complexity index is 843. The zero-order valence-corrected chi connectivity index (χ0v) is 16.3. The number of ether oxygens (including phenoxy) is 1. The lowest BCUT2D eigenvalue weighted by Crippen LogP contribution is -2.14. The molecule has 0 bridgehead atoms. The maximum atomic E-state index is 6.82. The van der Waals surface area contributed by atoms with Crippen molar-refractivity contribution >= 4 is 23.0 Å². The molecule has 0 unspecified atom stereocenters. The van der Waals surface area contributed by atoms with Gasteiger partial charge in [0.05, 0.1) is 16.4 Å². The highest BCUT2D eigenvalue weighted by atomic mass is 35.5. The van der Waals surface area contributed by atoms with Crippen molar-refractivity contribution in [3.05, 3.63) is 44.5 Å². The third-order valence-corrected chi connectivity index (χ3v) is 5.78. The number of nitrogens with two attached hydrogens (primary N) is 2. The van der Waals surface area contributed by atoms with E-state index in [4.69, 9.17) is 27.8 Å². The number of anilines is 2. The summed E-state index contributed by atoms with van der Waals surface area (Å²) in [6.07, 6.45) is 4.35. The van der Waals surface area contributed by atoms with Crippen LogP contribution in [0.15, 0.2) is 6.07 Å². The van der Waals surface area contributed by atoms with Crippen molar-refractivity contribution in [3.8, 4) is 11.5 Å². The monoisotopic (exact) mass is 358 g/mol. The largest absolute Gasteiger partial charge is 0.456 e. The van der Waals surface area contributed by atoms with E-state index in [0.29, 0.717) is 11.4 Å². The lowest BCUT2D eigenvalue weighted by molar-refractivity contribution is 0.448. The standard InChI is InChI=1S/C21H27ClN2O/c1-5-12-13(6-2)18(22)16-9-11-10-17(23)19(24)15(8-4)20(11)25-21(16)14(12)7-3/h10H,5-9,23-24H2,1-4H3. The molecule has 4 N–H and O–H groups in total. The van der Waals surface area contributed by atoms with Gasteiger partial charge in [-0.15, -0.1) is 0 Å². The first kappa shape index (κ1) is 17.9. The van der Waals surface area contributed by atoms with Crippen LogP contribution in [0.1, 0.15) is 61.1 Å². The third kappa shape index (κ3) is 2.65. The fourth-order valence-corrected chi connectivity index (χ4v) is 4.49. The van der Waals surface area contributed by atoms with Crippen molar-refractivity contribution in [2.75, 3.05) is 11.5 Å². The smallest absolute Gasteiger partial charge is 0.136 e. The van der Waals surface area contributed by atoms with E-state index >= 15 is 0 Å². The molecule has 0 fully saturated rings. The van der Waals surface area contributed by atoms with Gasteiger partial charge in [0.25, 0.3) is 0 Å². The van der Waals surface area contributed by atoms with Crippen LogP contribution in [-0.4, -0.2) is 0 Å². The van der Waals surface area contributed by atoms with Gasteiger partial charge < -0.3 is 16.2 Å². The van der Waals surface area contributed by atoms with Crippen molar-refractivity contribution in [1.29, 1.82) is 0 Å². The molecule has 1 aliphatic heterocycles. The topological polar surface area (TPSA) is 61.3 Å². The molecule has 0 saturated heterocycles. The predicted octanol–water partition coefficient (Wildman–Crippen LogP) is 5.45. The van der Waals surface area contributed by atoms with Crippen LogP contribution in [0.4, 0.5) is 11.4 Å². The number of hydrogen-bond acceptors (Lipinski definition) is 3. The molecule has 0 radical (unpaired) electrons. The van der Waals surface area contributed by atoms with Crippen molar-refractivity contribution in [2.45, 2.75) is 59.8 Å². The van der Waals surface area contributed by atoms with Gasteiger partial charge in [-0.2, -0.15) is 0 Å². The van der Waals surface area contributed by atoms with E-state index in [1.54, 1.807) is 0 Å². The number of fused-ring (bicyclic) bond motifs is 2. The van der Waals surface area contributed by atoms with Gasteiger partial charge >= 0.3 is 0 Å². The molecule has 3 rings (SSSR count). The fourth-order valence-electron chi connectivity index (χ4n) is 4.09. The van der Waals surface area contributed by atoms with Gasteiger partial charge in [0, 0.05) is 23.1 Å². The minimum Gasteiger partial charge on any atom is -0.456 e. The highest BCUT2D eigenvalue weighted by Crippen LogP contribution is 2.49. The summed E-state index contributed by atoms with van der Waals surface area (Å²) >= 11 is 6.82. The Kier molecular flexibility index (Phi) is 4.88. The fraction of sp³-hybridized carbons (Fsp3) is 0.429. The van der Waals surface area contributed by atoms with Crippen molar-refractivity contribution in [3.63, 3.8) is 0 Å². The molecule has 0 aliphatic carbocycles. The molecular weight excluding hydrogens is 332 g/mol. The summed E-state index contributed by atoms with van der Waals surface area (Å²) in [6.45, 7) is 8.61. The second-order valence-electron chi connectivity index (χ2n) is 6.60. The lowest BCUT2D eigenvalue weighted by atomic mass is 9.87. The molecule has 0 aromatic heterocycles. The Morgan fingerprint density at radius 3 is 2.04 bits per heavy atom. The highest BCUT2D eigenvalue weighted by Gasteiger charge is 2.29. The maximum Gasteiger partial charge on any atom is 0.136 e. The van der Waals surface area contributed by atoms with Gasteiger partial charge in [0.2, 0.25) is 0 Å². The summed E-state index contributed by atoms with van der Waals surface area (Å²) in [4.78, 5) is 0. The summed E-state index contributed by atoms with van der Waals surface area (Å²) < 4.78 is 6.46. The summed E-state index contributed by atoms with van der Waals surface area (Å²) in [6, 6.07) is 1.94. The third-order valence-electron chi connectivity index (χ3n) is 5.32. The van der Waals surface area contributed by atoms with E-state index in [9.17, 15) is 0 Å².